The van der Waals surface area contributed by atoms with E-state index in [0.29, 0.717) is 5.75 Å². The fourth-order valence-corrected chi connectivity index (χ4v) is 2.05. The number of rotatable bonds is 3. The van der Waals surface area contributed by atoms with E-state index in [1.165, 1.54) is 11.3 Å². The average Bonchev–Trinajstić information content (AvgIpc) is 2.70. The van der Waals surface area contributed by atoms with Crippen LogP contribution in [0.1, 0.15) is 24.1 Å². The average molecular weight is 235 g/mol. The van der Waals surface area contributed by atoms with Gasteiger partial charge in [0.2, 0.25) is 5.13 Å². The molecule has 1 heterocycles. The summed E-state index contributed by atoms with van der Waals surface area (Å²) in [6.45, 7) is 3.93. The molecule has 0 saturated carbocycles. The first kappa shape index (κ1) is 10.9. The maximum atomic E-state index is 9.82. The molecule has 0 aliphatic rings. The molecule has 5 heteroatoms. The minimum atomic E-state index is 0.00792. The summed E-state index contributed by atoms with van der Waals surface area (Å²) in [7, 11) is 0. The Labute approximate surface area is 98.0 Å². The Hall–Kier alpha value is -1.62. The van der Waals surface area contributed by atoms with Gasteiger partial charge in [0.1, 0.15) is 11.3 Å². The Morgan fingerprint density at radius 3 is 2.88 bits per heavy atom. The first-order valence-corrected chi connectivity index (χ1v) is 5.87. The number of phenols is 1. The largest absolute Gasteiger partial charge is 0.508 e. The van der Waals surface area contributed by atoms with Crippen LogP contribution < -0.4 is 5.32 Å². The molecule has 84 valence electrons. The van der Waals surface area contributed by atoms with Crippen LogP contribution in [0, 0.1) is 6.92 Å². The van der Waals surface area contributed by atoms with Crippen LogP contribution in [0.3, 0.4) is 0 Å². The predicted octanol–water partition coefficient (Wildman–Crippen LogP) is 2.73. The summed E-state index contributed by atoms with van der Waals surface area (Å²) in [4.78, 5) is 0. The van der Waals surface area contributed by atoms with Gasteiger partial charge in [0.05, 0.1) is 6.04 Å². The lowest BCUT2D eigenvalue weighted by molar-refractivity contribution is 0.465. The van der Waals surface area contributed by atoms with E-state index in [4.69, 9.17) is 0 Å². The Bertz CT molecular complexity index is 470. The number of aromatic nitrogens is 2. The molecule has 2 aromatic rings. The number of benzene rings is 1. The molecule has 2 rings (SSSR count). The molecular weight excluding hydrogens is 222 g/mol. The second kappa shape index (κ2) is 4.49. The third-order valence-corrected chi connectivity index (χ3v) is 2.97. The SMILES string of the molecule is Cc1ccc(C(C)Nc2nncs2)c(O)c1. The quantitative estimate of drug-likeness (QED) is 0.858. The second-order valence-electron chi connectivity index (χ2n) is 3.67. The first-order valence-electron chi connectivity index (χ1n) is 4.99. The lowest BCUT2D eigenvalue weighted by Crippen LogP contribution is -2.06. The van der Waals surface area contributed by atoms with Gasteiger partial charge in [-0.05, 0) is 25.5 Å². The molecular formula is C11H13N3OS. The highest BCUT2D eigenvalue weighted by Gasteiger charge is 2.11. The minimum absolute atomic E-state index is 0.00792. The molecule has 0 spiro atoms. The summed E-state index contributed by atoms with van der Waals surface area (Å²) in [6, 6.07) is 5.66. The van der Waals surface area contributed by atoms with Crippen LogP contribution >= 0.6 is 11.3 Å². The fourth-order valence-electron chi connectivity index (χ4n) is 1.52. The molecule has 4 nitrogen and oxygen atoms in total. The van der Waals surface area contributed by atoms with Crippen LogP contribution in [0.5, 0.6) is 5.75 Å². The van der Waals surface area contributed by atoms with E-state index < -0.39 is 0 Å². The number of aryl methyl sites for hydroxylation is 1. The monoisotopic (exact) mass is 235 g/mol. The number of phenolic OH excluding ortho intramolecular Hbond substituents is 1. The highest BCUT2D eigenvalue weighted by Crippen LogP contribution is 2.27. The van der Waals surface area contributed by atoms with Crippen molar-refractivity contribution in [2.24, 2.45) is 0 Å². The van der Waals surface area contributed by atoms with Gasteiger partial charge in [0.15, 0.2) is 0 Å². The molecule has 0 aliphatic carbocycles. The summed E-state index contributed by atoms with van der Waals surface area (Å²) in [5, 5.41) is 21.4. The Balaban J connectivity index is 2.17. The van der Waals surface area contributed by atoms with Gasteiger partial charge in [-0.15, -0.1) is 10.2 Å². The smallest absolute Gasteiger partial charge is 0.205 e. The second-order valence-corrected chi connectivity index (χ2v) is 4.51. The van der Waals surface area contributed by atoms with Crippen LogP contribution in [-0.4, -0.2) is 15.3 Å². The van der Waals surface area contributed by atoms with E-state index in [2.05, 4.69) is 15.5 Å². The van der Waals surface area contributed by atoms with Crippen molar-refractivity contribution < 1.29 is 5.11 Å². The van der Waals surface area contributed by atoms with Crippen molar-refractivity contribution >= 4 is 16.5 Å². The van der Waals surface area contributed by atoms with Crippen LogP contribution in [0.15, 0.2) is 23.7 Å². The molecule has 0 saturated heterocycles. The molecule has 0 amide bonds. The van der Waals surface area contributed by atoms with E-state index in [1.54, 1.807) is 11.6 Å². The number of hydrogen-bond donors (Lipinski definition) is 2. The van der Waals surface area contributed by atoms with Crippen LogP contribution in [0.4, 0.5) is 5.13 Å². The van der Waals surface area contributed by atoms with Crippen LogP contribution in [0.2, 0.25) is 0 Å². The van der Waals surface area contributed by atoms with Crippen LogP contribution in [-0.2, 0) is 0 Å². The Morgan fingerprint density at radius 2 is 2.25 bits per heavy atom. The standard InChI is InChI=1S/C11H13N3OS/c1-7-3-4-9(10(15)5-7)8(2)13-11-14-12-6-16-11/h3-6,8,15H,1-2H3,(H,13,14). The predicted molar refractivity (Wildman–Crippen MR) is 64.8 cm³/mol. The number of aromatic hydroxyl groups is 1. The highest BCUT2D eigenvalue weighted by molar-refractivity contribution is 7.13. The van der Waals surface area contributed by atoms with Gasteiger partial charge < -0.3 is 10.4 Å². The maximum Gasteiger partial charge on any atom is 0.205 e. The maximum absolute atomic E-state index is 9.82. The minimum Gasteiger partial charge on any atom is -0.508 e. The number of anilines is 1. The first-order chi connectivity index (χ1) is 7.66. The number of hydrogen-bond acceptors (Lipinski definition) is 5. The van der Waals surface area contributed by atoms with Crippen molar-refractivity contribution in [3.05, 3.63) is 34.8 Å². The molecule has 1 aromatic carbocycles. The Kier molecular flexibility index (Phi) is 3.05. The zero-order valence-electron chi connectivity index (χ0n) is 9.14. The molecule has 1 aromatic heterocycles. The normalized spacial score (nSPS) is 12.4. The summed E-state index contributed by atoms with van der Waals surface area (Å²) in [5.41, 5.74) is 3.58. The summed E-state index contributed by atoms with van der Waals surface area (Å²) in [5.74, 6) is 0.310. The van der Waals surface area contributed by atoms with E-state index >= 15 is 0 Å². The summed E-state index contributed by atoms with van der Waals surface area (Å²) >= 11 is 1.44. The molecule has 1 atom stereocenters. The van der Waals surface area contributed by atoms with E-state index in [9.17, 15) is 5.11 Å². The molecule has 0 bridgehead atoms. The topological polar surface area (TPSA) is 58.0 Å². The van der Waals surface area contributed by atoms with Gasteiger partial charge >= 0.3 is 0 Å². The lowest BCUT2D eigenvalue weighted by Gasteiger charge is -2.14. The van der Waals surface area contributed by atoms with E-state index in [0.717, 1.165) is 16.3 Å². The van der Waals surface area contributed by atoms with Gasteiger partial charge in [-0.1, -0.05) is 23.5 Å². The van der Waals surface area contributed by atoms with Crippen molar-refractivity contribution in [2.75, 3.05) is 5.32 Å². The van der Waals surface area contributed by atoms with Gasteiger partial charge in [0.25, 0.3) is 0 Å². The fraction of sp³-hybridized carbons (Fsp3) is 0.273. The third kappa shape index (κ3) is 2.30. The van der Waals surface area contributed by atoms with Gasteiger partial charge in [-0.3, -0.25) is 0 Å². The highest BCUT2D eigenvalue weighted by atomic mass is 32.1. The van der Waals surface area contributed by atoms with Crippen molar-refractivity contribution in [2.45, 2.75) is 19.9 Å². The molecule has 0 radical (unpaired) electrons. The summed E-state index contributed by atoms with van der Waals surface area (Å²) < 4.78 is 0. The molecule has 16 heavy (non-hydrogen) atoms. The van der Waals surface area contributed by atoms with E-state index in [-0.39, 0.29) is 6.04 Å². The van der Waals surface area contributed by atoms with Crippen molar-refractivity contribution in [3.8, 4) is 5.75 Å². The van der Waals surface area contributed by atoms with Gasteiger partial charge in [-0.2, -0.15) is 0 Å². The van der Waals surface area contributed by atoms with Gasteiger partial charge in [0, 0.05) is 5.56 Å². The summed E-state index contributed by atoms with van der Waals surface area (Å²) in [6.07, 6.45) is 0. The molecule has 0 fully saturated rings. The molecule has 0 aliphatic heterocycles. The van der Waals surface area contributed by atoms with Crippen molar-refractivity contribution in [3.63, 3.8) is 0 Å². The third-order valence-electron chi connectivity index (χ3n) is 2.35. The lowest BCUT2D eigenvalue weighted by atomic mass is 10.1. The number of nitrogens with zero attached hydrogens (tertiary/aromatic N) is 2. The van der Waals surface area contributed by atoms with E-state index in [1.807, 2.05) is 26.0 Å². The van der Waals surface area contributed by atoms with Crippen molar-refractivity contribution in [1.82, 2.24) is 10.2 Å². The van der Waals surface area contributed by atoms with Crippen LogP contribution in [0.25, 0.3) is 0 Å². The number of nitrogens with one attached hydrogen (secondary N) is 1. The molecule has 2 N–H and O–H groups in total. The van der Waals surface area contributed by atoms with Crippen molar-refractivity contribution in [1.29, 1.82) is 0 Å². The Morgan fingerprint density at radius 1 is 1.44 bits per heavy atom. The molecule has 1 unspecified atom stereocenters. The van der Waals surface area contributed by atoms with Gasteiger partial charge in [-0.25, -0.2) is 0 Å². The zero-order chi connectivity index (χ0) is 11.5. The zero-order valence-corrected chi connectivity index (χ0v) is 9.95.